The molecule has 1 aromatic carbocycles. The van der Waals surface area contributed by atoms with Crippen molar-refractivity contribution in [2.75, 3.05) is 18.0 Å². The molecule has 0 saturated carbocycles. The average Bonchev–Trinajstić information content (AvgIpc) is 3.14. The normalized spacial score (nSPS) is 18.9. The Morgan fingerprint density at radius 1 is 1.21 bits per heavy atom. The Bertz CT molecular complexity index is 851. The summed E-state index contributed by atoms with van der Waals surface area (Å²) in [6.45, 7) is 6.94. The number of Topliss-reactive ketones (excluding diaryl/α,β-unsaturated/α-hetero) is 1. The Kier molecular flexibility index (Phi) is 6.04. The van der Waals surface area contributed by atoms with Crippen LogP contribution >= 0.6 is 11.6 Å². The highest BCUT2D eigenvalue weighted by Crippen LogP contribution is 2.33. The molecule has 1 fully saturated rings. The first-order valence-corrected chi connectivity index (χ1v) is 9.97. The zero-order chi connectivity index (χ0) is 20.3. The van der Waals surface area contributed by atoms with E-state index >= 15 is 0 Å². The summed E-state index contributed by atoms with van der Waals surface area (Å²) in [5, 5.41) is 0.649. The topological polar surface area (TPSA) is 53.5 Å². The van der Waals surface area contributed by atoms with Crippen molar-refractivity contribution < 1.29 is 9.59 Å². The van der Waals surface area contributed by atoms with Gasteiger partial charge in [-0.1, -0.05) is 36.7 Å². The van der Waals surface area contributed by atoms with Crippen LogP contribution in [0.2, 0.25) is 5.02 Å². The van der Waals surface area contributed by atoms with Gasteiger partial charge in [0.1, 0.15) is 11.4 Å². The molecule has 1 amide bonds. The van der Waals surface area contributed by atoms with Crippen molar-refractivity contribution in [2.45, 2.75) is 45.7 Å². The molecule has 1 saturated heterocycles. The van der Waals surface area contributed by atoms with Crippen molar-refractivity contribution in [3.8, 4) is 0 Å². The molecule has 0 radical (unpaired) electrons. The highest BCUT2D eigenvalue weighted by molar-refractivity contribution is 6.30. The van der Waals surface area contributed by atoms with Crippen molar-refractivity contribution >= 4 is 29.1 Å². The van der Waals surface area contributed by atoms with E-state index in [4.69, 9.17) is 11.6 Å². The van der Waals surface area contributed by atoms with Crippen LogP contribution in [0, 0.1) is 6.92 Å². The third-order valence-corrected chi connectivity index (χ3v) is 5.75. The molecular weight excluding hydrogens is 374 g/mol. The maximum Gasteiger partial charge on any atom is 0.223 e. The van der Waals surface area contributed by atoms with Gasteiger partial charge in [-0.2, -0.15) is 0 Å². The molecule has 6 heteroatoms. The van der Waals surface area contributed by atoms with E-state index in [0.717, 1.165) is 16.9 Å². The minimum Gasteiger partial charge on any atom is -0.354 e. The first-order chi connectivity index (χ1) is 13.4. The largest absolute Gasteiger partial charge is 0.354 e. The number of halogens is 1. The molecule has 0 bridgehead atoms. The third kappa shape index (κ3) is 4.04. The van der Waals surface area contributed by atoms with E-state index < -0.39 is 5.54 Å². The zero-order valence-corrected chi connectivity index (χ0v) is 17.4. The van der Waals surface area contributed by atoms with Crippen molar-refractivity contribution in [1.82, 2.24) is 9.88 Å². The fraction of sp³-hybridized carbons (Fsp3) is 0.409. The molecule has 28 heavy (non-hydrogen) atoms. The molecule has 5 nitrogen and oxygen atoms in total. The van der Waals surface area contributed by atoms with Crippen LogP contribution < -0.4 is 4.90 Å². The quantitative estimate of drug-likeness (QED) is 0.736. The number of aromatic nitrogens is 1. The summed E-state index contributed by atoms with van der Waals surface area (Å²) in [4.78, 5) is 34.1. The van der Waals surface area contributed by atoms with Crippen molar-refractivity contribution in [1.29, 1.82) is 0 Å². The Hall–Kier alpha value is -2.40. The summed E-state index contributed by atoms with van der Waals surface area (Å²) in [6, 6.07) is 11.4. The molecule has 0 aliphatic carbocycles. The summed E-state index contributed by atoms with van der Waals surface area (Å²) in [5.74, 6) is 0.825. The van der Waals surface area contributed by atoms with Crippen molar-refractivity contribution in [3.05, 3.63) is 58.7 Å². The number of rotatable bonds is 6. The molecule has 1 aliphatic rings. The fourth-order valence-corrected chi connectivity index (χ4v) is 3.90. The van der Waals surface area contributed by atoms with Crippen LogP contribution in [0.3, 0.4) is 0 Å². The Balaban J connectivity index is 1.92. The third-order valence-electron chi connectivity index (χ3n) is 5.50. The molecule has 1 atom stereocenters. The second kappa shape index (κ2) is 8.31. The lowest BCUT2D eigenvalue weighted by molar-refractivity contribution is -0.145. The number of pyridine rings is 1. The number of hydrogen-bond acceptors (Lipinski definition) is 4. The molecule has 2 aromatic rings. The van der Waals surface area contributed by atoms with Crippen LogP contribution in [0.1, 0.15) is 37.8 Å². The number of carbonyl (C=O) groups is 2. The second-order valence-corrected chi connectivity index (χ2v) is 7.85. The smallest absolute Gasteiger partial charge is 0.223 e. The van der Waals surface area contributed by atoms with Crippen LogP contribution in [-0.4, -0.2) is 40.2 Å². The van der Waals surface area contributed by atoms with Gasteiger partial charge >= 0.3 is 0 Å². The Morgan fingerprint density at radius 3 is 2.50 bits per heavy atom. The first-order valence-electron chi connectivity index (χ1n) is 9.59. The first kappa shape index (κ1) is 20.3. The monoisotopic (exact) mass is 399 g/mol. The number of carbonyl (C=O) groups excluding carboxylic acids is 2. The van der Waals surface area contributed by atoms with Crippen molar-refractivity contribution in [2.24, 2.45) is 0 Å². The number of anilines is 1. The van der Waals surface area contributed by atoms with Crippen LogP contribution in [0.5, 0.6) is 0 Å². The number of nitrogens with zero attached hydrogens (tertiary/aromatic N) is 3. The summed E-state index contributed by atoms with van der Waals surface area (Å²) in [6.07, 6.45) is 2.77. The van der Waals surface area contributed by atoms with E-state index in [1.165, 1.54) is 0 Å². The Morgan fingerprint density at radius 2 is 1.93 bits per heavy atom. The number of amides is 1. The molecule has 1 aromatic heterocycles. The molecule has 0 spiro atoms. The van der Waals surface area contributed by atoms with Gasteiger partial charge in [0.15, 0.2) is 5.78 Å². The minimum absolute atomic E-state index is 0.0119. The van der Waals surface area contributed by atoms with Gasteiger partial charge in [0.2, 0.25) is 5.91 Å². The molecule has 2 heterocycles. The van der Waals surface area contributed by atoms with Gasteiger partial charge in [-0.05, 0) is 49.6 Å². The minimum atomic E-state index is -0.848. The number of hydrogen-bond donors (Lipinski definition) is 0. The predicted molar refractivity (Wildman–Crippen MR) is 112 cm³/mol. The van der Waals surface area contributed by atoms with Gasteiger partial charge in [-0.15, -0.1) is 0 Å². The van der Waals surface area contributed by atoms with Crippen LogP contribution in [0.25, 0.3) is 0 Å². The lowest BCUT2D eigenvalue weighted by atomic mass is 9.90. The highest BCUT2D eigenvalue weighted by atomic mass is 35.5. The summed E-state index contributed by atoms with van der Waals surface area (Å²) in [5.41, 5.74) is 1.20. The van der Waals surface area contributed by atoms with Gasteiger partial charge in [0, 0.05) is 37.3 Å². The summed E-state index contributed by atoms with van der Waals surface area (Å²) >= 11 is 5.99. The number of ketones is 1. The highest BCUT2D eigenvalue weighted by Gasteiger charge is 2.49. The second-order valence-electron chi connectivity index (χ2n) is 7.41. The molecule has 1 aliphatic heterocycles. The molecule has 3 rings (SSSR count). The van der Waals surface area contributed by atoms with Crippen LogP contribution in [0.15, 0.2) is 42.6 Å². The lowest BCUT2D eigenvalue weighted by Crippen LogP contribution is -2.57. The van der Waals surface area contributed by atoms with E-state index in [2.05, 4.69) is 9.88 Å². The summed E-state index contributed by atoms with van der Waals surface area (Å²) in [7, 11) is 0. The number of benzene rings is 1. The Labute approximate surface area is 171 Å². The molecule has 0 unspecified atom stereocenters. The summed E-state index contributed by atoms with van der Waals surface area (Å²) < 4.78 is 0. The van der Waals surface area contributed by atoms with E-state index in [1.807, 2.05) is 56.4 Å². The molecule has 148 valence electrons. The van der Waals surface area contributed by atoms with E-state index in [1.54, 1.807) is 11.8 Å². The maximum atomic E-state index is 12.9. The van der Waals surface area contributed by atoms with E-state index in [-0.39, 0.29) is 11.7 Å². The van der Waals surface area contributed by atoms with Gasteiger partial charge < -0.3 is 9.80 Å². The standard InChI is InChI=1S/C22H26ClN3O2/c1-4-21(28)26(14-18-6-8-19(23)9-7-18)22(17(3)27)11-12-25(15-22)20-10-5-16(2)13-24-20/h5-10,13H,4,11-12,14-15H2,1-3H3/t22-/m0/s1. The van der Waals surface area contributed by atoms with Gasteiger partial charge in [0.25, 0.3) is 0 Å². The molecular formula is C22H26ClN3O2. The maximum absolute atomic E-state index is 12.9. The SMILES string of the molecule is CCC(=O)N(Cc1ccc(Cl)cc1)[C@@]1(C(C)=O)CCN(c2ccc(C)cn2)C1. The van der Waals surface area contributed by atoms with E-state index in [9.17, 15) is 9.59 Å². The van der Waals surface area contributed by atoms with Crippen molar-refractivity contribution in [3.63, 3.8) is 0 Å². The lowest BCUT2D eigenvalue weighted by Gasteiger charge is -2.39. The van der Waals surface area contributed by atoms with Crippen LogP contribution in [0.4, 0.5) is 5.82 Å². The molecule has 0 N–H and O–H groups in total. The van der Waals surface area contributed by atoms with Gasteiger partial charge in [0.05, 0.1) is 0 Å². The van der Waals surface area contributed by atoms with Gasteiger partial charge in [-0.25, -0.2) is 4.98 Å². The average molecular weight is 400 g/mol. The zero-order valence-electron chi connectivity index (χ0n) is 16.6. The number of aryl methyl sites for hydroxylation is 1. The van der Waals surface area contributed by atoms with E-state index in [0.29, 0.717) is 37.5 Å². The van der Waals surface area contributed by atoms with Gasteiger partial charge in [-0.3, -0.25) is 9.59 Å². The predicted octanol–water partition coefficient (Wildman–Crippen LogP) is 4.02. The van der Waals surface area contributed by atoms with Crippen LogP contribution in [-0.2, 0) is 16.1 Å². The fourth-order valence-electron chi connectivity index (χ4n) is 3.78.